The molecule has 4 rings (SSSR count). The summed E-state index contributed by atoms with van der Waals surface area (Å²) in [6.45, 7) is 1.34. The maximum Gasteiger partial charge on any atom is 0.322 e. The maximum absolute atomic E-state index is 12.4. The Labute approximate surface area is 154 Å². The van der Waals surface area contributed by atoms with Crippen molar-refractivity contribution in [2.45, 2.75) is 6.42 Å². The van der Waals surface area contributed by atoms with Crippen LogP contribution in [0.15, 0.2) is 65.3 Å². The van der Waals surface area contributed by atoms with Gasteiger partial charge in [0.15, 0.2) is 0 Å². The Bertz CT molecular complexity index is 943. The lowest BCUT2D eigenvalue weighted by molar-refractivity contribution is 0.217. The van der Waals surface area contributed by atoms with Gasteiger partial charge in [-0.15, -0.1) is 0 Å². The maximum atomic E-state index is 12.4. The van der Waals surface area contributed by atoms with E-state index in [0.717, 1.165) is 22.1 Å². The Kier molecular flexibility index (Phi) is 4.32. The molecule has 1 aromatic heterocycles. The normalized spacial score (nSPS) is 14.4. The summed E-state index contributed by atoms with van der Waals surface area (Å²) < 4.78 is 0.995. The standard InChI is InChI=1S/C20H18BrN3O/c21-15-5-7-16(8-6-15)23-20(25)24-11-9-14(10-12-24)18-13-22-19-4-2-1-3-17(18)19/h1-9,13,22H,10-12H2,(H,23,25). The number of hydrogen-bond acceptors (Lipinski definition) is 1. The van der Waals surface area contributed by atoms with Crippen LogP contribution in [0.3, 0.4) is 0 Å². The number of fused-ring (bicyclic) bond motifs is 1. The van der Waals surface area contributed by atoms with Crippen molar-refractivity contribution < 1.29 is 4.79 Å². The number of aromatic nitrogens is 1. The highest BCUT2D eigenvalue weighted by Crippen LogP contribution is 2.29. The molecule has 0 atom stereocenters. The van der Waals surface area contributed by atoms with E-state index in [1.807, 2.05) is 35.2 Å². The van der Waals surface area contributed by atoms with Crippen molar-refractivity contribution in [1.29, 1.82) is 0 Å². The van der Waals surface area contributed by atoms with Gasteiger partial charge in [-0.2, -0.15) is 0 Å². The fourth-order valence-electron chi connectivity index (χ4n) is 3.17. The molecule has 2 heterocycles. The van der Waals surface area contributed by atoms with E-state index in [-0.39, 0.29) is 6.03 Å². The first-order chi connectivity index (χ1) is 12.2. The van der Waals surface area contributed by atoms with Crippen molar-refractivity contribution >= 4 is 44.1 Å². The minimum absolute atomic E-state index is 0.0588. The molecule has 0 radical (unpaired) electrons. The lowest BCUT2D eigenvalue weighted by atomic mass is 9.99. The highest BCUT2D eigenvalue weighted by molar-refractivity contribution is 9.10. The number of nitrogens with one attached hydrogen (secondary N) is 2. The molecule has 25 heavy (non-hydrogen) atoms. The molecule has 1 aliphatic rings. The van der Waals surface area contributed by atoms with Crippen LogP contribution in [0.2, 0.25) is 0 Å². The summed E-state index contributed by atoms with van der Waals surface area (Å²) in [6, 6.07) is 15.9. The van der Waals surface area contributed by atoms with Crippen LogP contribution in [0.1, 0.15) is 12.0 Å². The number of carbonyl (C=O) groups is 1. The molecule has 0 saturated heterocycles. The molecule has 2 N–H and O–H groups in total. The van der Waals surface area contributed by atoms with E-state index in [0.29, 0.717) is 13.1 Å². The lowest BCUT2D eigenvalue weighted by Gasteiger charge is -2.26. The van der Waals surface area contributed by atoms with E-state index in [2.05, 4.69) is 56.7 Å². The van der Waals surface area contributed by atoms with Crippen LogP contribution in [0.5, 0.6) is 0 Å². The first-order valence-corrected chi connectivity index (χ1v) is 9.07. The zero-order valence-electron chi connectivity index (χ0n) is 13.6. The predicted octanol–water partition coefficient (Wildman–Crippen LogP) is 5.25. The monoisotopic (exact) mass is 395 g/mol. The second-order valence-electron chi connectivity index (χ2n) is 6.11. The minimum atomic E-state index is -0.0588. The number of urea groups is 1. The molecule has 0 unspecified atom stereocenters. The Hall–Kier alpha value is -2.53. The third kappa shape index (κ3) is 3.33. The van der Waals surface area contributed by atoms with E-state index >= 15 is 0 Å². The van der Waals surface area contributed by atoms with Gasteiger partial charge in [-0.3, -0.25) is 0 Å². The Balaban J connectivity index is 1.46. The number of rotatable bonds is 2. The molecule has 2 amide bonds. The van der Waals surface area contributed by atoms with Gasteiger partial charge in [-0.25, -0.2) is 4.79 Å². The highest BCUT2D eigenvalue weighted by atomic mass is 79.9. The van der Waals surface area contributed by atoms with E-state index in [1.54, 1.807) is 0 Å². The van der Waals surface area contributed by atoms with Crippen LogP contribution in [-0.4, -0.2) is 29.0 Å². The quantitative estimate of drug-likeness (QED) is 0.611. The van der Waals surface area contributed by atoms with Gasteiger partial charge in [0.25, 0.3) is 0 Å². The highest BCUT2D eigenvalue weighted by Gasteiger charge is 2.19. The van der Waals surface area contributed by atoms with Crippen molar-refractivity contribution in [1.82, 2.24) is 9.88 Å². The van der Waals surface area contributed by atoms with Crippen LogP contribution in [0.4, 0.5) is 10.5 Å². The average molecular weight is 396 g/mol. The van der Waals surface area contributed by atoms with Crippen molar-refractivity contribution in [2.75, 3.05) is 18.4 Å². The third-order valence-corrected chi connectivity index (χ3v) is 5.06. The van der Waals surface area contributed by atoms with Gasteiger partial charge in [0.1, 0.15) is 0 Å². The first-order valence-electron chi connectivity index (χ1n) is 8.28. The largest absolute Gasteiger partial charge is 0.361 e. The van der Waals surface area contributed by atoms with Gasteiger partial charge in [0.2, 0.25) is 0 Å². The number of hydrogen-bond donors (Lipinski definition) is 2. The number of aromatic amines is 1. The fourth-order valence-corrected chi connectivity index (χ4v) is 3.44. The lowest BCUT2D eigenvalue weighted by Crippen LogP contribution is -2.37. The molecule has 0 fully saturated rings. The molecule has 1 aliphatic heterocycles. The van der Waals surface area contributed by atoms with Crippen LogP contribution in [-0.2, 0) is 0 Å². The molecule has 5 heteroatoms. The predicted molar refractivity (Wildman–Crippen MR) is 106 cm³/mol. The molecule has 3 aromatic rings. The second-order valence-corrected chi connectivity index (χ2v) is 7.03. The van der Waals surface area contributed by atoms with Crippen LogP contribution < -0.4 is 5.32 Å². The van der Waals surface area contributed by atoms with Gasteiger partial charge in [0.05, 0.1) is 0 Å². The number of benzene rings is 2. The number of anilines is 1. The van der Waals surface area contributed by atoms with Gasteiger partial charge < -0.3 is 15.2 Å². The van der Waals surface area contributed by atoms with Crippen molar-refractivity contribution in [2.24, 2.45) is 0 Å². The molecule has 0 bridgehead atoms. The molecule has 0 saturated carbocycles. The van der Waals surface area contributed by atoms with E-state index in [9.17, 15) is 4.79 Å². The van der Waals surface area contributed by atoms with Gasteiger partial charge in [-0.05, 0) is 42.3 Å². The number of amides is 2. The molecule has 0 aliphatic carbocycles. The third-order valence-electron chi connectivity index (χ3n) is 4.53. The number of para-hydroxylation sites is 1. The van der Waals surface area contributed by atoms with Gasteiger partial charge >= 0.3 is 6.03 Å². The molecule has 4 nitrogen and oxygen atoms in total. The summed E-state index contributed by atoms with van der Waals surface area (Å²) in [4.78, 5) is 17.6. The summed E-state index contributed by atoms with van der Waals surface area (Å²) in [6.07, 6.45) is 5.07. The number of nitrogens with zero attached hydrogens (tertiary/aromatic N) is 1. The summed E-state index contributed by atoms with van der Waals surface area (Å²) in [7, 11) is 0. The topological polar surface area (TPSA) is 48.1 Å². The zero-order valence-corrected chi connectivity index (χ0v) is 15.2. The Morgan fingerprint density at radius 1 is 1.12 bits per heavy atom. The minimum Gasteiger partial charge on any atom is -0.361 e. The number of halogens is 1. The Morgan fingerprint density at radius 3 is 2.68 bits per heavy atom. The smallest absolute Gasteiger partial charge is 0.322 e. The SMILES string of the molecule is O=C(Nc1ccc(Br)cc1)N1CC=C(c2c[nH]c3ccccc23)CC1. The van der Waals surface area contributed by atoms with E-state index in [1.165, 1.54) is 16.5 Å². The van der Waals surface area contributed by atoms with Gasteiger partial charge in [-0.1, -0.05) is 40.2 Å². The van der Waals surface area contributed by atoms with Crippen LogP contribution >= 0.6 is 15.9 Å². The van der Waals surface area contributed by atoms with Crippen LogP contribution in [0.25, 0.3) is 16.5 Å². The number of H-pyrrole nitrogens is 1. The first kappa shape index (κ1) is 16.0. The number of carbonyl (C=O) groups excluding carboxylic acids is 1. The van der Waals surface area contributed by atoms with Crippen LogP contribution in [0, 0.1) is 0 Å². The molecule has 126 valence electrons. The summed E-state index contributed by atoms with van der Waals surface area (Å²) in [5.41, 5.74) is 4.49. The summed E-state index contributed by atoms with van der Waals surface area (Å²) in [5, 5.41) is 4.19. The average Bonchev–Trinajstić information content (AvgIpc) is 3.08. The molecule has 0 spiro atoms. The van der Waals surface area contributed by atoms with Gasteiger partial charge in [0, 0.05) is 45.9 Å². The summed E-state index contributed by atoms with van der Waals surface area (Å²) in [5.74, 6) is 0. The Morgan fingerprint density at radius 2 is 1.92 bits per heavy atom. The fraction of sp³-hybridized carbons (Fsp3) is 0.150. The second kappa shape index (κ2) is 6.76. The molecular formula is C20H18BrN3O. The van der Waals surface area contributed by atoms with Crippen molar-refractivity contribution in [3.05, 3.63) is 70.8 Å². The summed E-state index contributed by atoms with van der Waals surface area (Å²) >= 11 is 3.40. The van der Waals surface area contributed by atoms with Crippen molar-refractivity contribution in [3.63, 3.8) is 0 Å². The molecule has 2 aromatic carbocycles. The van der Waals surface area contributed by atoms with E-state index in [4.69, 9.17) is 0 Å². The van der Waals surface area contributed by atoms with Crippen molar-refractivity contribution in [3.8, 4) is 0 Å². The van der Waals surface area contributed by atoms with E-state index < -0.39 is 0 Å². The zero-order chi connectivity index (χ0) is 17.2. The molecular weight excluding hydrogens is 378 g/mol.